The highest BCUT2D eigenvalue weighted by molar-refractivity contribution is 5.31. The second-order valence-electron chi connectivity index (χ2n) is 1.90. The van der Waals surface area contributed by atoms with Gasteiger partial charge < -0.3 is 5.73 Å². The zero-order valence-corrected chi connectivity index (χ0v) is 5.39. The molecule has 1 rings (SSSR count). The Morgan fingerprint density at radius 1 is 1.36 bits per heavy atom. The molecule has 11 heavy (non-hydrogen) atoms. The largest absolute Gasteiger partial charge is 0.381 e. The maximum atomic E-state index is 12.3. The summed E-state index contributed by atoms with van der Waals surface area (Å²) in [5.74, 6) is -1.28. The highest BCUT2D eigenvalue weighted by Crippen LogP contribution is 2.18. The van der Waals surface area contributed by atoms with E-state index in [4.69, 9.17) is 5.73 Å². The molecule has 0 aliphatic rings. The van der Waals surface area contributed by atoms with Gasteiger partial charge in [-0.25, -0.2) is 18.2 Å². The monoisotopic (exact) mass is 162 g/mol. The van der Waals surface area contributed by atoms with Crippen molar-refractivity contribution in [3.63, 3.8) is 0 Å². The Bertz CT molecular complexity index is 262. The second kappa shape index (κ2) is 2.77. The minimum atomic E-state index is -2.71. The average molecular weight is 162 g/mol. The van der Waals surface area contributed by atoms with Crippen molar-refractivity contribution in [3.8, 4) is 0 Å². The minimum absolute atomic E-state index is 0.497. The van der Waals surface area contributed by atoms with Gasteiger partial charge in [-0.2, -0.15) is 0 Å². The van der Waals surface area contributed by atoms with E-state index in [0.717, 1.165) is 12.1 Å². The lowest BCUT2D eigenvalue weighted by Gasteiger charge is -1.99. The van der Waals surface area contributed by atoms with Crippen molar-refractivity contribution in [2.45, 2.75) is 6.43 Å². The van der Waals surface area contributed by atoms with Crippen LogP contribution < -0.4 is 5.73 Å². The number of nitrogen functional groups attached to an aromatic ring is 1. The first-order chi connectivity index (χ1) is 5.11. The van der Waals surface area contributed by atoms with Crippen molar-refractivity contribution in [1.82, 2.24) is 4.98 Å². The van der Waals surface area contributed by atoms with E-state index in [2.05, 4.69) is 4.98 Å². The molecule has 0 amide bonds. The van der Waals surface area contributed by atoms with Gasteiger partial charge in [0, 0.05) is 0 Å². The van der Waals surface area contributed by atoms with E-state index in [1.807, 2.05) is 0 Å². The summed E-state index contributed by atoms with van der Waals surface area (Å²) in [7, 11) is 0. The highest BCUT2D eigenvalue weighted by Gasteiger charge is 2.10. The Hall–Kier alpha value is -1.26. The fraction of sp³-hybridized carbons (Fsp3) is 0.167. The number of aromatic nitrogens is 1. The summed E-state index contributed by atoms with van der Waals surface area (Å²) in [5.41, 5.74) is 4.43. The van der Waals surface area contributed by atoms with Crippen LogP contribution in [-0.4, -0.2) is 4.98 Å². The van der Waals surface area contributed by atoms with E-state index in [1.165, 1.54) is 0 Å². The van der Waals surface area contributed by atoms with Crippen LogP contribution in [0.5, 0.6) is 0 Å². The normalized spacial score (nSPS) is 10.5. The van der Waals surface area contributed by atoms with Crippen LogP contribution in [0.4, 0.5) is 19.0 Å². The number of pyridine rings is 1. The number of hydrogen-bond donors (Lipinski definition) is 1. The molecule has 0 aliphatic heterocycles. The van der Waals surface area contributed by atoms with Gasteiger partial charge >= 0.3 is 0 Å². The first-order valence-electron chi connectivity index (χ1n) is 2.81. The standard InChI is InChI=1S/C6H5F3N2/c7-3-1-2-4(5(8)9)11-6(3)10/h1-2,5H,(H2,10,11). The molecular weight excluding hydrogens is 157 g/mol. The van der Waals surface area contributed by atoms with Gasteiger partial charge in [-0.15, -0.1) is 0 Å². The van der Waals surface area contributed by atoms with Crippen molar-refractivity contribution >= 4 is 5.82 Å². The quantitative estimate of drug-likeness (QED) is 0.683. The van der Waals surface area contributed by atoms with Gasteiger partial charge in [-0.1, -0.05) is 0 Å². The van der Waals surface area contributed by atoms with Crippen LogP contribution in [0.25, 0.3) is 0 Å². The van der Waals surface area contributed by atoms with Gasteiger partial charge in [-0.05, 0) is 12.1 Å². The molecule has 0 bridgehead atoms. The molecule has 0 saturated carbocycles. The molecule has 0 aromatic carbocycles. The van der Waals surface area contributed by atoms with Gasteiger partial charge in [0.05, 0.1) is 0 Å². The summed E-state index contributed by atoms with van der Waals surface area (Å²) in [6.45, 7) is 0. The molecule has 2 N–H and O–H groups in total. The van der Waals surface area contributed by atoms with E-state index >= 15 is 0 Å². The second-order valence-corrected chi connectivity index (χ2v) is 1.90. The Kier molecular flexibility index (Phi) is 1.98. The van der Waals surface area contributed by atoms with Crippen LogP contribution in [0.15, 0.2) is 12.1 Å². The Morgan fingerprint density at radius 2 is 2.00 bits per heavy atom. The molecule has 0 fully saturated rings. The van der Waals surface area contributed by atoms with Crippen molar-refractivity contribution in [2.24, 2.45) is 0 Å². The predicted molar refractivity (Wildman–Crippen MR) is 33.6 cm³/mol. The topological polar surface area (TPSA) is 38.9 Å². The van der Waals surface area contributed by atoms with Crippen molar-refractivity contribution in [2.75, 3.05) is 5.73 Å². The third kappa shape index (κ3) is 1.60. The van der Waals surface area contributed by atoms with Gasteiger partial charge in [0.1, 0.15) is 5.69 Å². The maximum absolute atomic E-state index is 12.3. The first-order valence-corrected chi connectivity index (χ1v) is 2.81. The average Bonchev–Trinajstić information content (AvgIpc) is 1.94. The molecule has 1 aromatic rings. The van der Waals surface area contributed by atoms with Crippen LogP contribution in [0, 0.1) is 5.82 Å². The van der Waals surface area contributed by atoms with Gasteiger partial charge in [-0.3, -0.25) is 0 Å². The van der Waals surface area contributed by atoms with E-state index in [1.54, 1.807) is 0 Å². The molecule has 1 heterocycles. The van der Waals surface area contributed by atoms with E-state index in [0.29, 0.717) is 0 Å². The van der Waals surface area contributed by atoms with Crippen molar-refractivity contribution < 1.29 is 13.2 Å². The van der Waals surface area contributed by atoms with Gasteiger partial charge in [0.2, 0.25) is 0 Å². The van der Waals surface area contributed by atoms with E-state index < -0.39 is 23.8 Å². The highest BCUT2D eigenvalue weighted by atomic mass is 19.3. The summed E-state index contributed by atoms with van der Waals surface area (Å²) < 4.78 is 36.0. The van der Waals surface area contributed by atoms with Crippen molar-refractivity contribution in [3.05, 3.63) is 23.6 Å². The number of hydrogen-bond acceptors (Lipinski definition) is 2. The third-order valence-corrected chi connectivity index (χ3v) is 1.12. The number of rotatable bonds is 1. The molecule has 0 aliphatic carbocycles. The number of halogens is 3. The summed E-state index contributed by atoms with van der Waals surface area (Å²) in [6.07, 6.45) is -2.71. The maximum Gasteiger partial charge on any atom is 0.280 e. The van der Waals surface area contributed by atoms with Crippen LogP contribution in [0.3, 0.4) is 0 Å². The number of anilines is 1. The number of nitrogens with two attached hydrogens (primary N) is 1. The molecule has 5 heteroatoms. The molecule has 1 aromatic heterocycles. The smallest absolute Gasteiger partial charge is 0.280 e. The van der Waals surface area contributed by atoms with Crippen LogP contribution in [-0.2, 0) is 0 Å². The number of nitrogens with zero attached hydrogens (tertiary/aromatic N) is 1. The zero-order valence-electron chi connectivity index (χ0n) is 5.39. The Labute approximate surface area is 60.9 Å². The van der Waals surface area contributed by atoms with Crippen LogP contribution >= 0.6 is 0 Å². The van der Waals surface area contributed by atoms with E-state index in [-0.39, 0.29) is 0 Å². The Balaban J connectivity index is 3.05. The SMILES string of the molecule is Nc1nc(C(F)F)ccc1F. The summed E-state index contributed by atoms with van der Waals surface area (Å²) in [6, 6.07) is 1.76. The van der Waals surface area contributed by atoms with Crippen molar-refractivity contribution in [1.29, 1.82) is 0 Å². The van der Waals surface area contributed by atoms with Gasteiger partial charge in [0.15, 0.2) is 11.6 Å². The molecular formula is C6H5F3N2. The number of alkyl halides is 2. The Morgan fingerprint density at radius 3 is 2.45 bits per heavy atom. The fourth-order valence-electron chi connectivity index (χ4n) is 0.595. The third-order valence-electron chi connectivity index (χ3n) is 1.12. The lowest BCUT2D eigenvalue weighted by Crippen LogP contribution is -1.98. The lowest BCUT2D eigenvalue weighted by atomic mass is 10.3. The van der Waals surface area contributed by atoms with Crippen LogP contribution in [0.2, 0.25) is 0 Å². The van der Waals surface area contributed by atoms with Crippen LogP contribution in [0.1, 0.15) is 12.1 Å². The summed E-state index contributed by atoms with van der Waals surface area (Å²) in [5, 5.41) is 0. The fourth-order valence-corrected chi connectivity index (χ4v) is 0.595. The summed E-state index contributed by atoms with van der Waals surface area (Å²) in [4.78, 5) is 3.12. The molecule has 0 saturated heterocycles. The summed E-state index contributed by atoms with van der Waals surface area (Å²) >= 11 is 0. The zero-order chi connectivity index (χ0) is 8.43. The first kappa shape index (κ1) is 7.84. The molecule has 2 nitrogen and oxygen atoms in total. The molecule has 60 valence electrons. The minimum Gasteiger partial charge on any atom is -0.381 e. The molecule has 0 atom stereocenters. The lowest BCUT2D eigenvalue weighted by molar-refractivity contribution is 0.146. The predicted octanol–water partition coefficient (Wildman–Crippen LogP) is 1.74. The molecule has 0 radical (unpaired) electrons. The van der Waals surface area contributed by atoms with E-state index in [9.17, 15) is 13.2 Å². The van der Waals surface area contributed by atoms with Gasteiger partial charge in [0.25, 0.3) is 6.43 Å². The molecule has 0 unspecified atom stereocenters. The molecule has 0 spiro atoms.